The van der Waals surface area contributed by atoms with Crippen LogP contribution in [0.15, 0.2) is 5.38 Å². The third kappa shape index (κ3) is 6.56. The van der Waals surface area contributed by atoms with Crippen molar-refractivity contribution in [2.24, 2.45) is 0 Å². The molecule has 0 fully saturated rings. The molecule has 0 aliphatic heterocycles. The molecule has 0 aliphatic carbocycles. The van der Waals surface area contributed by atoms with Gasteiger partial charge in [0.25, 0.3) is 0 Å². The van der Waals surface area contributed by atoms with Crippen LogP contribution in [0.4, 0.5) is 4.79 Å². The summed E-state index contributed by atoms with van der Waals surface area (Å²) in [5.74, 6) is 0.871. The van der Waals surface area contributed by atoms with E-state index in [2.05, 4.69) is 29.5 Å². The highest BCUT2D eigenvalue weighted by Crippen LogP contribution is 2.18. The molecule has 0 saturated heterocycles. The minimum Gasteiger partial charge on any atom is -0.337 e. The maximum Gasteiger partial charge on any atom is 0.315 e. The Balaban J connectivity index is 2.26. The van der Waals surface area contributed by atoms with E-state index >= 15 is 0 Å². The lowest BCUT2D eigenvalue weighted by atomic mass is 10.2. The molecule has 5 nitrogen and oxygen atoms in total. The number of hydrogen-bond donors (Lipinski definition) is 2. The predicted octanol–water partition coefficient (Wildman–Crippen LogP) is 2.61. The molecular weight excluding hydrogens is 306 g/mol. The summed E-state index contributed by atoms with van der Waals surface area (Å²) in [7, 11) is -0.949. The maximum atomic E-state index is 11.8. The summed E-state index contributed by atoms with van der Waals surface area (Å²) in [6, 6.07) is -0.250. The van der Waals surface area contributed by atoms with E-state index in [-0.39, 0.29) is 10.8 Å². The molecule has 1 rings (SSSR count). The summed E-state index contributed by atoms with van der Waals surface area (Å²) in [5, 5.41) is 8.52. The molecule has 0 saturated carbocycles. The molecule has 1 aromatic heterocycles. The summed E-state index contributed by atoms with van der Waals surface area (Å²) in [5.41, 5.74) is 0.872. The van der Waals surface area contributed by atoms with Crippen LogP contribution in [0.2, 0.25) is 0 Å². The first kappa shape index (κ1) is 18.1. The van der Waals surface area contributed by atoms with Crippen LogP contribution in [0, 0.1) is 0 Å². The van der Waals surface area contributed by atoms with Crippen molar-refractivity contribution in [3.05, 3.63) is 16.1 Å². The van der Waals surface area contributed by atoms with Crippen molar-refractivity contribution in [3.63, 3.8) is 0 Å². The van der Waals surface area contributed by atoms with Crippen LogP contribution in [0.3, 0.4) is 0 Å². The summed E-state index contributed by atoms with van der Waals surface area (Å²) in [6.07, 6.45) is 0. The van der Waals surface area contributed by atoms with Gasteiger partial charge in [-0.3, -0.25) is 4.21 Å². The Kier molecular flexibility index (Phi) is 6.80. The lowest BCUT2D eigenvalue weighted by Gasteiger charge is -2.17. The molecule has 0 unspecified atom stereocenters. The lowest BCUT2D eigenvalue weighted by Crippen LogP contribution is -2.38. The van der Waals surface area contributed by atoms with Gasteiger partial charge in [0, 0.05) is 39.1 Å². The van der Waals surface area contributed by atoms with Crippen molar-refractivity contribution in [1.82, 2.24) is 15.6 Å². The van der Waals surface area contributed by atoms with E-state index in [0.29, 0.717) is 24.8 Å². The standard InChI is InChI=1S/C14H25N3O2S2/c1-10(2)12-17-11(9-20-12)8-16-13(18)15-6-7-21(19)14(3,4)5/h9-10H,6-8H2,1-5H3,(H2,15,16,18)/t21-/m0/s1. The molecular formula is C14H25N3O2S2. The number of aromatic nitrogens is 1. The van der Waals surface area contributed by atoms with E-state index < -0.39 is 10.8 Å². The molecule has 1 atom stereocenters. The van der Waals surface area contributed by atoms with Gasteiger partial charge in [0.05, 0.1) is 17.2 Å². The second kappa shape index (κ2) is 7.89. The highest BCUT2D eigenvalue weighted by Gasteiger charge is 2.18. The first-order chi connectivity index (χ1) is 9.70. The molecule has 120 valence electrons. The normalized spacial score (nSPS) is 13.2. The van der Waals surface area contributed by atoms with Crippen LogP contribution in [0.1, 0.15) is 51.2 Å². The average Bonchev–Trinajstić information content (AvgIpc) is 2.84. The fourth-order valence-corrected chi connectivity index (χ4v) is 3.20. The Morgan fingerprint density at radius 2 is 2.05 bits per heavy atom. The van der Waals surface area contributed by atoms with E-state index in [1.807, 2.05) is 26.2 Å². The number of carbonyl (C=O) groups is 1. The number of thiazole rings is 1. The van der Waals surface area contributed by atoms with E-state index in [9.17, 15) is 9.00 Å². The molecule has 0 radical (unpaired) electrons. The Bertz CT molecular complexity index is 493. The third-order valence-corrected chi connectivity index (χ3v) is 5.88. The fourth-order valence-electron chi connectivity index (χ4n) is 1.47. The van der Waals surface area contributed by atoms with Gasteiger partial charge in [0.2, 0.25) is 0 Å². The molecule has 0 spiro atoms. The quantitative estimate of drug-likeness (QED) is 0.842. The fraction of sp³-hybridized carbons (Fsp3) is 0.714. The van der Waals surface area contributed by atoms with Crippen LogP contribution in [-0.4, -0.2) is 32.3 Å². The minimum atomic E-state index is -0.949. The van der Waals surface area contributed by atoms with Gasteiger partial charge in [-0.1, -0.05) is 13.8 Å². The zero-order valence-corrected chi connectivity index (χ0v) is 15.0. The average molecular weight is 332 g/mol. The zero-order valence-electron chi connectivity index (χ0n) is 13.4. The predicted molar refractivity (Wildman–Crippen MR) is 89.2 cm³/mol. The van der Waals surface area contributed by atoms with Gasteiger partial charge in [0.15, 0.2) is 0 Å². The smallest absolute Gasteiger partial charge is 0.315 e. The number of carbonyl (C=O) groups excluding carboxylic acids is 1. The van der Waals surface area contributed by atoms with Crippen LogP contribution in [-0.2, 0) is 17.3 Å². The SMILES string of the molecule is CC(C)c1nc(CNC(=O)NCC[S@](=O)C(C)(C)C)cs1. The lowest BCUT2D eigenvalue weighted by molar-refractivity contribution is 0.241. The first-order valence-electron chi connectivity index (χ1n) is 7.04. The van der Waals surface area contributed by atoms with Gasteiger partial charge in [-0.15, -0.1) is 11.3 Å². The second-order valence-corrected chi connectivity index (χ2v) is 9.32. The third-order valence-electron chi connectivity index (χ3n) is 2.75. The van der Waals surface area contributed by atoms with Crippen LogP contribution >= 0.6 is 11.3 Å². The van der Waals surface area contributed by atoms with Crippen molar-refractivity contribution in [1.29, 1.82) is 0 Å². The molecule has 2 amide bonds. The van der Waals surface area contributed by atoms with Crippen molar-refractivity contribution in [3.8, 4) is 0 Å². The number of nitrogens with one attached hydrogen (secondary N) is 2. The number of hydrogen-bond acceptors (Lipinski definition) is 4. The van der Waals surface area contributed by atoms with Gasteiger partial charge in [-0.2, -0.15) is 0 Å². The van der Waals surface area contributed by atoms with Gasteiger partial charge < -0.3 is 10.6 Å². The Labute approximate surface area is 133 Å². The second-order valence-electron chi connectivity index (χ2n) is 6.10. The van der Waals surface area contributed by atoms with Gasteiger partial charge in [-0.25, -0.2) is 9.78 Å². The van der Waals surface area contributed by atoms with E-state index in [0.717, 1.165) is 10.7 Å². The first-order valence-corrected chi connectivity index (χ1v) is 9.24. The Morgan fingerprint density at radius 3 is 2.57 bits per heavy atom. The summed E-state index contributed by atoms with van der Waals surface area (Å²) < 4.78 is 11.6. The van der Waals surface area contributed by atoms with Crippen LogP contribution < -0.4 is 10.6 Å². The maximum absolute atomic E-state index is 11.8. The number of nitrogens with zero attached hydrogens (tertiary/aromatic N) is 1. The molecule has 0 aromatic carbocycles. The number of amides is 2. The topological polar surface area (TPSA) is 71.1 Å². The molecule has 1 heterocycles. The summed E-state index contributed by atoms with van der Waals surface area (Å²) in [4.78, 5) is 16.1. The van der Waals surface area contributed by atoms with Crippen LogP contribution in [0.25, 0.3) is 0 Å². The highest BCUT2D eigenvalue weighted by molar-refractivity contribution is 7.86. The van der Waals surface area contributed by atoms with Crippen molar-refractivity contribution < 1.29 is 9.00 Å². The molecule has 1 aromatic rings. The van der Waals surface area contributed by atoms with E-state index in [1.54, 1.807) is 11.3 Å². The van der Waals surface area contributed by atoms with E-state index in [1.165, 1.54) is 0 Å². The summed E-state index contributed by atoms with van der Waals surface area (Å²) >= 11 is 1.61. The Hall–Kier alpha value is -0.950. The monoisotopic (exact) mass is 331 g/mol. The molecule has 0 bridgehead atoms. The van der Waals surface area contributed by atoms with Crippen molar-refractivity contribution >= 4 is 28.2 Å². The largest absolute Gasteiger partial charge is 0.337 e. The summed E-state index contributed by atoms with van der Waals surface area (Å²) in [6.45, 7) is 10.8. The highest BCUT2D eigenvalue weighted by atomic mass is 32.2. The molecule has 0 aliphatic rings. The van der Waals surface area contributed by atoms with Crippen molar-refractivity contribution in [2.75, 3.05) is 12.3 Å². The van der Waals surface area contributed by atoms with Crippen LogP contribution in [0.5, 0.6) is 0 Å². The number of urea groups is 1. The molecule has 21 heavy (non-hydrogen) atoms. The van der Waals surface area contributed by atoms with Gasteiger partial charge >= 0.3 is 6.03 Å². The van der Waals surface area contributed by atoms with Gasteiger partial charge in [0.1, 0.15) is 0 Å². The minimum absolute atomic E-state index is 0.244. The molecule has 2 N–H and O–H groups in total. The van der Waals surface area contributed by atoms with Gasteiger partial charge in [-0.05, 0) is 20.8 Å². The van der Waals surface area contributed by atoms with E-state index in [4.69, 9.17) is 0 Å². The van der Waals surface area contributed by atoms with Crippen molar-refractivity contribution in [2.45, 2.75) is 51.8 Å². The Morgan fingerprint density at radius 1 is 1.38 bits per heavy atom. The molecule has 7 heteroatoms. The zero-order chi connectivity index (χ0) is 16.0. The number of rotatable bonds is 6.